The topological polar surface area (TPSA) is 79.9 Å². The lowest BCUT2D eigenvalue weighted by atomic mass is 10.2. The minimum absolute atomic E-state index is 0.141. The maximum atomic E-state index is 12.4. The molecule has 3 amide bonds. The van der Waals surface area contributed by atoms with Crippen LogP contribution in [-0.2, 0) is 11.3 Å². The highest BCUT2D eigenvalue weighted by atomic mass is 16.5. The molecule has 0 saturated heterocycles. The second-order valence-electron chi connectivity index (χ2n) is 7.37. The molecule has 3 aromatic rings. The standard InChI is InChI=1S/C26H29N3O4/c1-3-32-21-13-15-22(16-14-21)33-24-12-8-7-11-23(24)28-25(30)17-18-27-26(31)29(2)19-20-9-5-4-6-10-20/h4-16H,3,17-19H2,1-2H3,(H,27,31)(H,28,30). The molecule has 0 atom stereocenters. The molecule has 33 heavy (non-hydrogen) atoms. The Hall–Kier alpha value is -4.00. The van der Waals surface area contributed by atoms with Crippen molar-refractivity contribution in [2.75, 3.05) is 25.5 Å². The van der Waals surface area contributed by atoms with Gasteiger partial charge in [-0.3, -0.25) is 4.79 Å². The number of rotatable bonds is 10. The van der Waals surface area contributed by atoms with E-state index in [0.717, 1.165) is 11.3 Å². The van der Waals surface area contributed by atoms with Crippen LogP contribution >= 0.6 is 0 Å². The van der Waals surface area contributed by atoms with Crippen LogP contribution in [0.4, 0.5) is 10.5 Å². The summed E-state index contributed by atoms with van der Waals surface area (Å²) in [7, 11) is 1.72. The molecule has 0 aliphatic heterocycles. The molecule has 0 bridgehead atoms. The van der Waals surface area contributed by atoms with Crippen molar-refractivity contribution in [1.82, 2.24) is 10.2 Å². The second kappa shape index (κ2) is 12.1. The van der Waals surface area contributed by atoms with E-state index in [1.165, 1.54) is 0 Å². The Morgan fingerprint density at radius 2 is 1.55 bits per heavy atom. The third-order valence-electron chi connectivity index (χ3n) is 4.76. The summed E-state index contributed by atoms with van der Waals surface area (Å²) in [5, 5.41) is 5.62. The number of ether oxygens (including phenoxy) is 2. The number of carbonyl (C=O) groups is 2. The first-order valence-electron chi connectivity index (χ1n) is 10.9. The molecule has 2 N–H and O–H groups in total. The van der Waals surface area contributed by atoms with Crippen molar-refractivity contribution >= 4 is 17.6 Å². The first-order chi connectivity index (χ1) is 16.0. The van der Waals surface area contributed by atoms with Crippen LogP contribution in [-0.4, -0.2) is 37.0 Å². The molecule has 7 heteroatoms. The lowest BCUT2D eigenvalue weighted by molar-refractivity contribution is -0.116. The van der Waals surface area contributed by atoms with Crippen molar-refractivity contribution in [2.45, 2.75) is 19.9 Å². The summed E-state index contributed by atoms with van der Waals surface area (Å²) in [6.07, 6.45) is 0.141. The van der Waals surface area contributed by atoms with Crippen molar-refractivity contribution in [3.63, 3.8) is 0 Å². The molecular weight excluding hydrogens is 418 g/mol. The van der Waals surface area contributed by atoms with Gasteiger partial charge in [0, 0.05) is 26.6 Å². The zero-order valence-corrected chi connectivity index (χ0v) is 18.9. The minimum Gasteiger partial charge on any atom is -0.494 e. The van der Waals surface area contributed by atoms with Gasteiger partial charge in [-0.2, -0.15) is 0 Å². The smallest absolute Gasteiger partial charge is 0.317 e. The quantitative estimate of drug-likeness (QED) is 0.456. The molecule has 172 valence electrons. The van der Waals surface area contributed by atoms with Crippen molar-refractivity contribution < 1.29 is 19.1 Å². The van der Waals surface area contributed by atoms with Crippen LogP contribution < -0.4 is 20.1 Å². The van der Waals surface area contributed by atoms with Gasteiger partial charge in [0.2, 0.25) is 5.91 Å². The number of para-hydroxylation sites is 2. The van der Waals surface area contributed by atoms with Gasteiger partial charge >= 0.3 is 6.03 Å². The maximum Gasteiger partial charge on any atom is 0.317 e. The zero-order valence-electron chi connectivity index (χ0n) is 18.9. The van der Waals surface area contributed by atoms with Crippen molar-refractivity contribution in [1.29, 1.82) is 0 Å². The Labute approximate surface area is 194 Å². The van der Waals surface area contributed by atoms with Crippen LogP contribution in [0.15, 0.2) is 78.9 Å². The highest BCUT2D eigenvalue weighted by Crippen LogP contribution is 2.30. The SMILES string of the molecule is CCOc1ccc(Oc2ccccc2NC(=O)CCNC(=O)N(C)Cc2ccccc2)cc1. The van der Waals surface area contributed by atoms with Gasteiger partial charge < -0.3 is 25.0 Å². The van der Waals surface area contributed by atoms with Crippen LogP contribution in [0.2, 0.25) is 0 Å². The molecule has 0 aromatic heterocycles. The van der Waals surface area contributed by atoms with Crippen LogP contribution in [0.1, 0.15) is 18.9 Å². The molecule has 3 rings (SSSR count). The van der Waals surface area contributed by atoms with E-state index in [0.29, 0.717) is 30.3 Å². The summed E-state index contributed by atoms with van der Waals surface area (Å²) in [6, 6.07) is 24.0. The predicted octanol–water partition coefficient (Wildman–Crippen LogP) is 5.05. The molecule has 0 saturated carbocycles. The van der Waals surface area contributed by atoms with E-state index in [4.69, 9.17) is 9.47 Å². The summed E-state index contributed by atoms with van der Waals surface area (Å²) in [6.45, 7) is 3.25. The fourth-order valence-corrected chi connectivity index (χ4v) is 3.12. The minimum atomic E-state index is -0.231. The Morgan fingerprint density at radius 3 is 2.27 bits per heavy atom. The van der Waals surface area contributed by atoms with Gasteiger partial charge in [0.25, 0.3) is 0 Å². The summed E-state index contributed by atoms with van der Waals surface area (Å²) >= 11 is 0. The number of amides is 3. The average Bonchev–Trinajstić information content (AvgIpc) is 2.82. The maximum absolute atomic E-state index is 12.4. The molecule has 7 nitrogen and oxygen atoms in total. The number of hydrogen-bond donors (Lipinski definition) is 2. The fourth-order valence-electron chi connectivity index (χ4n) is 3.12. The first-order valence-corrected chi connectivity index (χ1v) is 10.9. The Kier molecular flexibility index (Phi) is 8.71. The molecule has 0 aliphatic carbocycles. The van der Waals surface area contributed by atoms with E-state index in [9.17, 15) is 9.59 Å². The molecule has 0 radical (unpaired) electrons. The molecule has 0 aliphatic rings. The normalized spacial score (nSPS) is 10.2. The molecular formula is C26H29N3O4. The van der Waals surface area contributed by atoms with Crippen LogP contribution in [0.3, 0.4) is 0 Å². The molecule has 0 unspecified atom stereocenters. The van der Waals surface area contributed by atoms with Crippen molar-refractivity contribution in [3.8, 4) is 17.2 Å². The summed E-state index contributed by atoms with van der Waals surface area (Å²) in [5.41, 5.74) is 1.60. The molecule has 0 spiro atoms. The Bertz CT molecular complexity index is 1040. The van der Waals surface area contributed by atoms with Gasteiger partial charge in [0.1, 0.15) is 11.5 Å². The van der Waals surface area contributed by atoms with Gasteiger partial charge in [0.15, 0.2) is 5.75 Å². The average molecular weight is 448 g/mol. The molecule has 3 aromatic carbocycles. The third kappa shape index (κ3) is 7.57. The van der Waals surface area contributed by atoms with E-state index in [-0.39, 0.29) is 24.9 Å². The number of hydrogen-bond acceptors (Lipinski definition) is 4. The van der Waals surface area contributed by atoms with Crippen LogP contribution in [0, 0.1) is 0 Å². The third-order valence-corrected chi connectivity index (χ3v) is 4.76. The van der Waals surface area contributed by atoms with E-state index >= 15 is 0 Å². The number of anilines is 1. The lowest BCUT2D eigenvalue weighted by Gasteiger charge is -2.18. The molecule has 0 fully saturated rings. The van der Waals surface area contributed by atoms with Gasteiger partial charge in [-0.1, -0.05) is 42.5 Å². The van der Waals surface area contributed by atoms with E-state index in [2.05, 4.69) is 10.6 Å². The monoisotopic (exact) mass is 447 g/mol. The number of urea groups is 1. The Balaban J connectivity index is 1.47. The summed E-state index contributed by atoms with van der Waals surface area (Å²) in [4.78, 5) is 26.3. The van der Waals surface area contributed by atoms with Gasteiger partial charge in [-0.05, 0) is 48.9 Å². The van der Waals surface area contributed by atoms with E-state index in [1.54, 1.807) is 24.1 Å². The van der Waals surface area contributed by atoms with Crippen LogP contribution in [0.25, 0.3) is 0 Å². The summed E-state index contributed by atoms with van der Waals surface area (Å²) < 4.78 is 11.4. The number of nitrogens with one attached hydrogen (secondary N) is 2. The number of carbonyl (C=O) groups excluding carboxylic acids is 2. The van der Waals surface area contributed by atoms with Crippen LogP contribution in [0.5, 0.6) is 17.2 Å². The van der Waals surface area contributed by atoms with Crippen molar-refractivity contribution in [2.24, 2.45) is 0 Å². The number of nitrogens with zero attached hydrogens (tertiary/aromatic N) is 1. The zero-order chi connectivity index (χ0) is 23.5. The van der Waals surface area contributed by atoms with Crippen molar-refractivity contribution in [3.05, 3.63) is 84.4 Å². The van der Waals surface area contributed by atoms with Gasteiger partial charge in [0.05, 0.1) is 12.3 Å². The van der Waals surface area contributed by atoms with Gasteiger partial charge in [-0.15, -0.1) is 0 Å². The second-order valence-corrected chi connectivity index (χ2v) is 7.37. The lowest BCUT2D eigenvalue weighted by Crippen LogP contribution is -2.38. The van der Waals surface area contributed by atoms with E-state index < -0.39 is 0 Å². The molecule has 0 heterocycles. The number of benzene rings is 3. The highest BCUT2D eigenvalue weighted by Gasteiger charge is 2.11. The summed E-state index contributed by atoms with van der Waals surface area (Å²) in [5.74, 6) is 1.71. The fraction of sp³-hybridized carbons (Fsp3) is 0.231. The largest absolute Gasteiger partial charge is 0.494 e. The Morgan fingerprint density at radius 1 is 0.879 bits per heavy atom. The highest BCUT2D eigenvalue weighted by molar-refractivity contribution is 5.92. The van der Waals surface area contributed by atoms with Gasteiger partial charge in [-0.25, -0.2) is 4.79 Å². The first kappa shape index (κ1) is 23.7. The van der Waals surface area contributed by atoms with E-state index in [1.807, 2.05) is 73.7 Å². The predicted molar refractivity (Wildman–Crippen MR) is 129 cm³/mol.